The summed E-state index contributed by atoms with van der Waals surface area (Å²) in [4.78, 5) is 4.41. The highest BCUT2D eigenvalue weighted by Gasteiger charge is 2.03. The van der Waals surface area contributed by atoms with E-state index in [1.165, 1.54) is 12.1 Å². The van der Waals surface area contributed by atoms with Crippen molar-refractivity contribution in [3.8, 4) is 0 Å². The van der Waals surface area contributed by atoms with E-state index in [9.17, 15) is 5.21 Å². The summed E-state index contributed by atoms with van der Waals surface area (Å²) in [5, 5.41) is 20.1. The van der Waals surface area contributed by atoms with Crippen LogP contribution < -0.4 is 10.9 Å². The van der Waals surface area contributed by atoms with Crippen LogP contribution in [0.2, 0.25) is 0 Å². The number of nitrogens with one attached hydrogen (secondary N) is 2. The topological polar surface area (TPSA) is 72.2 Å². The third kappa shape index (κ3) is 5.33. The Morgan fingerprint density at radius 1 is 1.82 bits per heavy atom. The van der Waals surface area contributed by atoms with E-state index in [0.717, 1.165) is 0 Å². The lowest BCUT2D eigenvalue weighted by Crippen LogP contribution is -3.19. The molecule has 0 heterocycles. The highest BCUT2D eigenvalue weighted by Crippen LogP contribution is 1.69. The second kappa shape index (κ2) is 6.74. The molecule has 0 bridgehead atoms. The highest BCUT2D eigenvalue weighted by atomic mass is 35.5. The van der Waals surface area contributed by atoms with Crippen LogP contribution in [0.25, 0.3) is 0 Å². The van der Waals surface area contributed by atoms with Crippen LogP contribution >= 0.6 is 11.6 Å². The fourth-order valence-corrected chi connectivity index (χ4v) is 0.473. The normalized spacial score (nSPS) is 13.9. The van der Waals surface area contributed by atoms with Gasteiger partial charge in [-0.25, -0.2) is 4.84 Å². The third-order valence-electron chi connectivity index (χ3n) is 0.996. The minimum absolute atomic E-state index is 0.0786. The molecule has 0 rings (SSSR count). The number of aliphatic hydroxyl groups is 1. The van der Waals surface area contributed by atoms with E-state index in [4.69, 9.17) is 16.7 Å². The minimum Gasteiger partial charge on any atom is -0.591 e. The van der Waals surface area contributed by atoms with Crippen LogP contribution in [-0.2, 0) is 4.84 Å². The Hall–Kier alpha value is 0.0500. The maximum Gasteiger partial charge on any atom is 0.147 e. The van der Waals surface area contributed by atoms with Crippen molar-refractivity contribution in [2.75, 3.05) is 26.3 Å². The Morgan fingerprint density at radius 3 is 2.91 bits per heavy atom. The molecule has 6 nitrogen and oxygen atoms in total. The molecule has 0 aromatic heterocycles. The summed E-state index contributed by atoms with van der Waals surface area (Å²) in [5.74, 6) is 0. The fraction of sp³-hybridized carbons (Fsp3) is 1.00. The number of alkyl halides is 1. The molecule has 1 unspecified atom stereocenters. The zero-order valence-electron chi connectivity index (χ0n) is 6.21. The molecule has 0 saturated heterocycles. The van der Waals surface area contributed by atoms with Crippen molar-refractivity contribution in [3.05, 3.63) is 5.21 Å². The van der Waals surface area contributed by atoms with Gasteiger partial charge in [0.2, 0.25) is 0 Å². The number of hydrogen-bond acceptors (Lipinski definition) is 5. The number of nitrogens with zero attached hydrogens (tertiary/aromatic N) is 1. The van der Waals surface area contributed by atoms with Gasteiger partial charge in [-0.15, -0.1) is 5.01 Å². The van der Waals surface area contributed by atoms with Gasteiger partial charge in [0.1, 0.15) is 6.07 Å². The van der Waals surface area contributed by atoms with Gasteiger partial charge in [0.15, 0.2) is 0 Å². The number of quaternary nitrogens is 1. The van der Waals surface area contributed by atoms with Crippen molar-refractivity contribution in [2.45, 2.75) is 0 Å². The first-order chi connectivity index (χ1) is 5.22. The van der Waals surface area contributed by atoms with Crippen LogP contribution in [0.4, 0.5) is 0 Å². The van der Waals surface area contributed by atoms with Crippen LogP contribution in [0.3, 0.4) is 0 Å². The molecule has 0 aliphatic carbocycles. The number of rotatable bonds is 6. The van der Waals surface area contributed by atoms with Crippen LogP contribution in [0, 0.1) is 5.21 Å². The van der Waals surface area contributed by atoms with Crippen molar-refractivity contribution in [1.29, 1.82) is 0 Å². The van der Waals surface area contributed by atoms with Gasteiger partial charge < -0.3 is 10.3 Å². The Labute approximate surface area is 69.8 Å². The van der Waals surface area contributed by atoms with Crippen molar-refractivity contribution in [1.82, 2.24) is 10.6 Å². The lowest BCUT2D eigenvalue weighted by Gasteiger charge is -2.27. The first kappa shape index (κ1) is 11.1. The van der Waals surface area contributed by atoms with Crippen molar-refractivity contribution >= 4 is 11.6 Å². The summed E-state index contributed by atoms with van der Waals surface area (Å²) in [6.45, 7) is 0.183. The molecule has 0 fully saturated rings. The van der Waals surface area contributed by atoms with E-state index < -0.39 is 5.28 Å². The van der Waals surface area contributed by atoms with Crippen LogP contribution in [0.1, 0.15) is 0 Å². The van der Waals surface area contributed by atoms with Gasteiger partial charge in [-0.3, -0.25) is 0 Å². The summed E-state index contributed by atoms with van der Waals surface area (Å²) in [5.41, 5.74) is 2.06. The zero-order valence-corrected chi connectivity index (χ0v) is 6.97. The average molecular weight is 186 g/mol. The zero-order chi connectivity index (χ0) is 8.69. The molecule has 0 radical (unpaired) electrons. The van der Waals surface area contributed by atoms with E-state index in [1.54, 1.807) is 0 Å². The van der Waals surface area contributed by atoms with Gasteiger partial charge in [0.25, 0.3) is 0 Å². The smallest absolute Gasteiger partial charge is 0.147 e. The quantitative estimate of drug-likeness (QED) is 0.325. The number of hydrogen-bond donors (Lipinski definition) is 3. The Balaban J connectivity index is 3.38. The molecule has 0 aromatic carbocycles. The summed E-state index contributed by atoms with van der Waals surface area (Å²) >= 11 is 5.12. The SMILES string of the molecule is CN(CCO)[NH+]([O-])NOCCl. The van der Waals surface area contributed by atoms with Gasteiger partial charge in [-0.1, -0.05) is 11.6 Å². The standard InChI is InChI=1S/C4H12ClN3O3/c1-7(2-3-9)8(10)6-11-4-5/h6,8-9H,2-4H2,1H3. The Kier molecular flexibility index (Phi) is 6.77. The second-order valence-corrected chi connectivity index (χ2v) is 2.02. The molecule has 68 valence electrons. The minimum atomic E-state index is -0.431. The summed E-state index contributed by atoms with van der Waals surface area (Å²) in [6.07, 6.45) is 0. The molecule has 0 aliphatic rings. The fourth-order valence-electron chi connectivity index (χ4n) is 0.418. The molecule has 11 heavy (non-hydrogen) atoms. The first-order valence-corrected chi connectivity index (χ1v) is 3.55. The highest BCUT2D eigenvalue weighted by molar-refractivity contribution is 6.17. The number of aliphatic hydroxyl groups excluding tert-OH is 1. The average Bonchev–Trinajstić information content (AvgIpc) is 2.00. The molecule has 0 aromatic rings. The molecule has 0 amide bonds. The van der Waals surface area contributed by atoms with Crippen molar-refractivity contribution in [3.63, 3.8) is 0 Å². The lowest BCUT2D eigenvalue weighted by atomic mass is 10.7. The van der Waals surface area contributed by atoms with Gasteiger partial charge in [-0.05, 0) is 5.59 Å². The largest absolute Gasteiger partial charge is 0.591 e. The number of halogens is 1. The van der Waals surface area contributed by atoms with Gasteiger partial charge in [-0.2, -0.15) is 5.28 Å². The third-order valence-corrected chi connectivity index (χ3v) is 1.11. The van der Waals surface area contributed by atoms with Gasteiger partial charge in [0, 0.05) is 7.05 Å². The van der Waals surface area contributed by atoms with E-state index in [0.29, 0.717) is 0 Å². The van der Waals surface area contributed by atoms with Crippen molar-refractivity contribution < 1.29 is 15.2 Å². The maximum atomic E-state index is 10.8. The monoisotopic (exact) mass is 185 g/mol. The molecular weight excluding hydrogens is 174 g/mol. The molecule has 1 atom stereocenters. The van der Waals surface area contributed by atoms with Crippen LogP contribution in [-0.4, -0.2) is 36.4 Å². The van der Waals surface area contributed by atoms with Gasteiger partial charge >= 0.3 is 0 Å². The molecule has 0 spiro atoms. The Morgan fingerprint density at radius 2 is 2.45 bits per heavy atom. The molecule has 7 heteroatoms. The first-order valence-electron chi connectivity index (χ1n) is 3.02. The van der Waals surface area contributed by atoms with Gasteiger partial charge in [0.05, 0.1) is 13.2 Å². The summed E-state index contributed by atoms with van der Waals surface area (Å²) in [6, 6.07) is -0.0985. The van der Waals surface area contributed by atoms with E-state index in [1.807, 2.05) is 0 Å². The van der Waals surface area contributed by atoms with Crippen molar-refractivity contribution in [2.24, 2.45) is 0 Å². The Bertz CT molecular complexity index is 96.7. The van der Waals surface area contributed by atoms with E-state index in [2.05, 4.69) is 10.4 Å². The van der Waals surface area contributed by atoms with E-state index >= 15 is 0 Å². The molecular formula is C4H12ClN3O3. The predicted molar refractivity (Wildman–Crippen MR) is 39.0 cm³/mol. The molecule has 0 aliphatic heterocycles. The summed E-state index contributed by atoms with van der Waals surface area (Å²) in [7, 11) is 1.53. The summed E-state index contributed by atoms with van der Waals surface area (Å²) < 4.78 is 0. The molecule has 3 N–H and O–H groups in total. The van der Waals surface area contributed by atoms with Crippen LogP contribution in [0.5, 0.6) is 0 Å². The van der Waals surface area contributed by atoms with E-state index in [-0.39, 0.29) is 19.2 Å². The maximum absolute atomic E-state index is 10.8. The number of likely N-dealkylation sites (N-methyl/N-ethyl adjacent to an activating group) is 1. The lowest BCUT2D eigenvalue weighted by molar-refractivity contribution is -1.03. The predicted octanol–water partition coefficient (Wildman–Crippen LogP) is -2.16. The molecule has 0 saturated carbocycles. The van der Waals surface area contributed by atoms with Crippen LogP contribution in [0.15, 0.2) is 0 Å². The second-order valence-electron chi connectivity index (χ2n) is 1.81.